The van der Waals surface area contributed by atoms with Crippen LogP contribution in [0.25, 0.3) is 22.0 Å². The molecule has 0 aliphatic carbocycles. The lowest BCUT2D eigenvalue weighted by Crippen LogP contribution is -2.08. The molecular formula is C20H18F3NO2. The molecule has 2 aromatic carbocycles. The molecular weight excluding hydrogens is 343 g/mol. The number of nitrogens with one attached hydrogen (secondary N) is 1. The zero-order chi connectivity index (χ0) is 19.0. The summed E-state index contributed by atoms with van der Waals surface area (Å²) in [6.07, 6.45) is 0. The highest BCUT2D eigenvalue weighted by atomic mass is 19.2. The summed E-state index contributed by atoms with van der Waals surface area (Å²) in [6, 6.07) is 6.43. The Hall–Kier alpha value is -2.76. The fourth-order valence-corrected chi connectivity index (χ4v) is 3.18. The summed E-state index contributed by atoms with van der Waals surface area (Å²) < 4.78 is 46.7. The number of hydrogen-bond acceptors (Lipinski definition) is 2. The van der Waals surface area contributed by atoms with E-state index in [9.17, 15) is 18.0 Å². The topological polar surface area (TPSA) is 42.1 Å². The van der Waals surface area contributed by atoms with Gasteiger partial charge in [0.1, 0.15) is 11.5 Å². The molecule has 0 aliphatic rings. The molecule has 3 aromatic rings. The van der Waals surface area contributed by atoms with Gasteiger partial charge in [0.05, 0.1) is 12.1 Å². The van der Waals surface area contributed by atoms with Crippen molar-refractivity contribution in [1.29, 1.82) is 0 Å². The third kappa shape index (κ3) is 2.96. The molecule has 1 aromatic heterocycles. The maximum Gasteiger partial charge on any atom is 0.355 e. The van der Waals surface area contributed by atoms with Crippen LogP contribution in [0.3, 0.4) is 0 Å². The number of esters is 1. The number of carbonyl (C=O) groups excluding carboxylic acids is 1. The summed E-state index contributed by atoms with van der Waals surface area (Å²) in [5, 5.41) is 0.685. The molecule has 3 nitrogen and oxygen atoms in total. The van der Waals surface area contributed by atoms with Crippen molar-refractivity contribution in [3.05, 3.63) is 59.0 Å². The molecule has 136 valence electrons. The first-order valence-corrected chi connectivity index (χ1v) is 8.31. The van der Waals surface area contributed by atoms with Gasteiger partial charge in [0.25, 0.3) is 0 Å². The summed E-state index contributed by atoms with van der Waals surface area (Å²) in [7, 11) is 0. The van der Waals surface area contributed by atoms with Gasteiger partial charge >= 0.3 is 5.97 Å². The number of fused-ring (bicyclic) bond motifs is 1. The minimum atomic E-state index is -1.27. The Morgan fingerprint density at radius 2 is 1.88 bits per heavy atom. The Balaban J connectivity index is 2.33. The van der Waals surface area contributed by atoms with Gasteiger partial charge in [0.2, 0.25) is 0 Å². The van der Waals surface area contributed by atoms with Crippen molar-refractivity contribution in [2.75, 3.05) is 6.61 Å². The number of rotatable bonds is 4. The van der Waals surface area contributed by atoms with Gasteiger partial charge in [-0.2, -0.15) is 0 Å². The van der Waals surface area contributed by atoms with E-state index in [2.05, 4.69) is 4.98 Å². The summed E-state index contributed by atoms with van der Waals surface area (Å²) in [4.78, 5) is 15.3. The van der Waals surface area contributed by atoms with Crippen LogP contribution in [0.2, 0.25) is 0 Å². The maximum atomic E-state index is 14.3. The zero-order valence-electron chi connectivity index (χ0n) is 14.6. The molecule has 1 heterocycles. The van der Waals surface area contributed by atoms with Crippen LogP contribution < -0.4 is 0 Å². The lowest BCUT2D eigenvalue weighted by Gasteiger charge is -2.08. The highest BCUT2D eigenvalue weighted by Crippen LogP contribution is 2.37. The van der Waals surface area contributed by atoms with Crippen LogP contribution in [0.5, 0.6) is 0 Å². The van der Waals surface area contributed by atoms with Crippen LogP contribution in [0.1, 0.15) is 42.7 Å². The molecule has 0 saturated heterocycles. The second kappa shape index (κ2) is 6.86. The number of benzene rings is 2. The highest BCUT2D eigenvalue weighted by Gasteiger charge is 2.24. The SMILES string of the molecule is CCOC(=O)c1[nH]c2c(-c3cc(F)cc(F)c3F)cccc2c1C(C)C. The molecule has 0 atom stereocenters. The third-order valence-corrected chi connectivity index (χ3v) is 4.21. The lowest BCUT2D eigenvalue weighted by molar-refractivity contribution is 0.0519. The molecule has 1 N–H and O–H groups in total. The van der Waals surface area contributed by atoms with Crippen molar-refractivity contribution in [1.82, 2.24) is 4.98 Å². The molecule has 0 fully saturated rings. The Morgan fingerprint density at radius 1 is 1.15 bits per heavy atom. The Morgan fingerprint density at radius 3 is 2.54 bits per heavy atom. The van der Waals surface area contributed by atoms with Crippen LogP contribution >= 0.6 is 0 Å². The molecule has 26 heavy (non-hydrogen) atoms. The number of carbonyl (C=O) groups is 1. The van der Waals surface area contributed by atoms with E-state index in [1.54, 1.807) is 25.1 Å². The molecule has 6 heteroatoms. The third-order valence-electron chi connectivity index (χ3n) is 4.21. The van der Waals surface area contributed by atoms with Crippen LogP contribution in [0.15, 0.2) is 30.3 Å². The molecule has 0 aliphatic heterocycles. The van der Waals surface area contributed by atoms with Crippen molar-refractivity contribution in [3.63, 3.8) is 0 Å². The van der Waals surface area contributed by atoms with Gasteiger partial charge in [-0.3, -0.25) is 0 Å². The van der Waals surface area contributed by atoms with Crippen molar-refractivity contribution in [2.45, 2.75) is 26.7 Å². The second-order valence-corrected chi connectivity index (χ2v) is 6.27. The number of aromatic nitrogens is 1. The van der Waals surface area contributed by atoms with Crippen LogP contribution in [-0.2, 0) is 4.74 Å². The van der Waals surface area contributed by atoms with E-state index in [-0.39, 0.29) is 29.3 Å². The van der Waals surface area contributed by atoms with Gasteiger partial charge < -0.3 is 9.72 Å². The van der Waals surface area contributed by atoms with E-state index in [0.717, 1.165) is 11.6 Å². The first kappa shape index (κ1) is 18.0. The molecule has 3 rings (SSSR count). The Labute approximate surface area is 148 Å². The fraction of sp³-hybridized carbons (Fsp3) is 0.250. The highest BCUT2D eigenvalue weighted by molar-refractivity contribution is 6.03. The standard InChI is InChI=1S/C20H18F3NO2/c1-4-26-20(25)19-16(10(2)3)13-7-5-6-12(18(13)24-19)14-8-11(21)9-15(22)17(14)23/h5-10,24H,4H2,1-3H3. The van der Waals surface area contributed by atoms with Crippen molar-refractivity contribution in [2.24, 2.45) is 0 Å². The average Bonchev–Trinajstić information content (AvgIpc) is 2.98. The summed E-state index contributed by atoms with van der Waals surface area (Å²) >= 11 is 0. The molecule has 0 radical (unpaired) electrons. The molecule has 0 amide bonds. The fourth-order valence-electron chi connectivity index (χ4n) is 3.18. The van der Waals surface area contributed by atoms with Crippen molar-refractivity contribution >= 4 is 16.9 Å². The van der Waals surface area contributed by atoms with Crippen molar-refractivity contribution < 1.29 is 22.7 Å². The summed E-state index contributed by atoms with van der Waals surface area (Å²) in [5.41, 5.74) is 1.48. The van der Waals surface area contributed by atoms with Gasteiger partial charge in [-0.1, -0.05) is 32.0 Å². The number of halogens is 3. The van der Waals surface area contributed by atoms with E-state index in [1.807, 2.05) is 13.8 Å². The van der Waals surface area contributed by atoms with Crippen LogP contribution in [0, 0.1) is 17.5 Å². The van der Waals surface area contributed by atoms with E-state index in [4.69, 9.17) is 4.74 Å². The van der Waals surface area contributed by atoms with Gasteiger partial charge in [-0.05, 0) is 24.5 Å². The van der Waals surface area contributed by atoms with Crippen LogP contribution in [0.4, 0.5) is 13.2 Å². The average molecular weight is 361 g/mol. The normalized spacial score (nSPS) is 11.3. The quantitative estimate of drug-likeness (QED) is 0.489. The second-order valence-electron chi connectivity index (χ2n) is 6.27. The van der Waals surface area contributed by atoms with E-state index < -0.39 is 23.4 Å². The molecule has 0 bridgehead atoms. The maximum absolute atomic E-state index is 14.3. The first-order chi connectivity index (χ1) is 12.3. The smallest absolute Gasteiger partial charge is 0.355 e. The van der Waals surface area contributed by atoms with Gasteiger partial charge in [-0.25, -0.2) is 18.0 Å². The van der Waals surface area contributed by atoms with Crippen LogP contribution in [-0.4, -0.2) is 17.6 Å². The molecule has 0 unspecified atom stereocenters. The lowest BCUT2D eigenvalue weighted by atomic mass is 9.96. The van der Waals surface area contributed by atoms with E-state index in [0.29, 0.717) is 17.0 Å². The summed E-state index contributed by atoms with van der Waals surface area (Å²) in [6.45, 7) is 5.75. The minimum Gasteiger partial charge on any atom is -0.461 e. The number of hydrogen-bond donors (Lipinski definition) is 1. The zero-order valence-corrected chi connectivity index (χ0v) is 14.6. The van der Waals surface area contributed by atoms with Gasteiger partial charge in [0.15, 0.2) is 11.6 Å². The number of ether oxygens (including phenoxy) is 1. The van der Waals surface area contributed by atoms with Crippen molar-refractivity contribution in [3.8, 4) is 11.1 Å². The first-order valence-electron chi connectivity index (χ1n) is 8.31. The van der Waals surface area contributed by atoms with E-state index >= 15 is 0 Å². The van der Waals surface area contributed by atoms with Gasteiger partial charge in [-0.15, -0.1) is 0 Å². The minimum absolute atomic E-state index is 0.0208. The predicted molar refractivity (Wildman–Crippen MR) is 93.7 cm³/mol. The number of aromatic amines is 1. The largest absolute Gasteiger partial charge is 0.461 e. The predicted octanol–water partition coefficient (Wildman–Crippen LogP) is 5.55. The Bertz CT molecular complexity index is 992. The molecule has 0 spiro atoms. The monoisotopic (exact) mass is 361 g/mol. The molecule has 0 saturated carbocycles. The number of para-hydroxylation sites is 1. The van der Waals surface area contributed by atoms with Gasteiger partial charge in [0, 0.05) is 22.6 Å². The Kier molecular flexibility index (Phi) is 4.76. The van der Waals surface area contributed by atoms with E-state index in [1.165, 1.54) is 0 Å². The number of H-pyrrole nitrogens is 1. The summed E-state index contributed by atoms with van der Waals surface area (Å²) in [5.74, 6) is -3.83.